The Hall–Kier alpha value is -1.88. The normalized spacial score (nSPS) is 20.5. The van der Waals surface area contributed by atoms with E-state index >= 15 is 0 Å². The van der Waals surface area contributed by atoms with Gasteiger partial charge < -0.3 is 9.42 Å². The fourth-order valence-electron chi connectivity index (χ4n) is 3.12. The Morgan fingerprint density at radius 2 is 2.05 bits per heavy atom. The molecule has 1 aliphatic carbocycles. The SMILES string of the molecule is C[C@@H](c1nc(C2CC2)no1)N1CCN(C)c2ccccc2C1. The fraction of sp³-hybridized carbons (Fsp3) is 0.529. The highest BCUT2D eigenvalue weighted by Crippen LogP contribution is 2.39. The van der Waals surface area contributed by atoms with Gasteiger partial charge in [0.25, 0.3) is 0 Å². The lowest BCUT2D eigenvalue weighted by Gasteiger charge is -2.24. The van der Waals surface area contributed by atoms with Gasteiger partial charge in [0, 0.05) is 38.3 Å². The minimum Gasteiger partial charge on any atom is -0.373 e. The number of hydrogen-bond donors (Lipinski definition) is 0. The maximum absolute atomic E-state index is 5.52. The highest BCUT2D eigenvalue weighted by Gasteiger charge is 2.31. The first-order valence-electron chi connectivity index (χ1n) is 8.09. The first-order valence-corrected chi connectivity index (χ1v) is 8.09. The first-order chi connectivity index (χ1) is 10.7. The van der Waals surface area contributed by atoms with E-state index in [1.54, 1.807) is 0 Å². The predicted molar refractivity (Wildman–Crippen MR) is 84.8 cm³/mol. The van der Waals surface area contributed by atoms with Crippen LogP contribution in [0.1, 0.15) is 49.0 Å². The summed E-state index contributed by atoms with van der Waals surface area (Å²) < 4.78 is 5.52. The maximum atomic E-state index is 5.52. The molecule has 2 aliphatic rings. The Kier molecular flexibility index (Phi) is 3.37. The molecule has 0 N–H and O–H groups in total. The lowest BCUT2D eigenvalue weighted by Crippen LogP contribution is -2.31. The Balaban J connectivity index is 1.56. The van der Waals surface area contributed by atoms with Crippen LogP contribution < -0.4 is 4.90 Å². The lowest BCUT2D eigenvalue weighted by molar-refractivity contribution is 0.172. The van der Waals surface area contributed by atoms with Crippen LogP contribution in [0.2, 0.25) is 0 Å². The number of benzene rings is 1. The van der Waals surface area contributed by atoms with Crippen molar-refractivity contribution in [3.05, 3.63) is 41.5 Å². The number of para-hydroxylation sites is 1. The van der Waals surface area contributed by atoms with Crippen molar-refractivity contribution >= 4 is 5.69 Å². The third-order valence-electron chi connectivity index (χ3n) is 4.80. The number of nitrogens with zero attached hydrogens (tertiary/aromatic N) is 4. The summed E-state index contributed by atoms with van der Waals surface area (Å²) in [6.07, 6.45) is 2.41. The standard InChI is InChI=1S/C17H22N4O/c1-12(17-18-16(19-22-17)13-7-8-13)21-10-9-20(2)15-6-4-3-5-14(15)11-21/h3-6,12-13H,7-11H2,1-2H3/t12-/m0/s1. The topological polar surface area (TPSA) is 45.4 Å². The maximum Gasteiger partial charge on any atom is 0.243 e. The van der Waals surface area contributed by atoms with Gasteiger partial charge in [-0.05, 0) is 31.4 Å². The van der Waals surface area contributed by atoms with Crippen LogP contribution in [0.4, 0.5) is 5.69 Å². The highest BCUT2D eigenvalue weighted by molar-refractivity contribution is 5.53. The van der Waals surface area contributed by atoms with Crippen molar-refractivity contribution in [1.82, 2.24) is 15.0 Å². The van der Waals surface area contributed by atoms with Crippen molar-refractivity contribution in [2.24, 2.45) is 0 Å². The van der Waals surface area contributed by atoms with Crippen molar-refractivity contribution in [2.45, 2.75) is 38.3 Å². The van der Waals surface area contributed by atoms with Gasteiger partial charge in [0.2, 0.25) is 5.89 Å². The summed E-state index contributed by atoms with van der Waals surface area (Å²) in [5.41, 5.74) is 2.68. The van der Waals surface area contributed by atoms with Crippen molar-refractivity contribution in [1.29, 1.82) is 0 Å². The first kappa shape index (κ1) is 13.8. The zero-order valence-corrected chi connectivity index (χ0v) is 13.2. The summed E-state index contributed by atoms with van der Waals surface area (Å²) in [4.78, 5) is 9.37. The minimum absolute atomic E-state index is 0.152. The molecule has 1 saturated carbocycles. The van der Waals surface area contributed by atoms with Gasteiger partial charge in [-0.1, -0.05) is 23.4 Å². The Labute approximate surface area is 130 Å². The number of rotatable bonds is 3. The van der Waals surface area contributed by atoms with Crippen LogP contribution >= 0.6 is 0 Å². The van der Waals surface area contributed by atoms with Crippen LogP contribution in [0, 0.1) is 0 Å². The molecular weight excluding hydrogens is 276 g/mol. The molecular formula is C17H22N4O. The molecule has 22 heavy (non-hydrogen) atoms. The number of aromatic nitrogens is 2. The van der Waals surface area contributed by atoms with Crippen LogP contribution in [0.25, 0.3) is 0 Å². The van der Waals surface area contributed by atoms with E-state index in [1.165, 1.54) is 24.1 Å². The predicted octanol–water partition coefficient (Wildman–Crippen LogP) is 2.96. The van der Waals surface area contributed by atoms with Gasteiger partial charge in [0.1, 0.15) is 0 Å². The zero-order valence-electron chi connectivity index (χ0n) is 13.2. The number of hydrogen-bond acceptors (Lipinski definition) is 5. The average molecular weight is 298 g/mol. The zero-order chi connectivity index (χ0) is 15.1. The van der Waals surface area contributed by atoms with Gasteiger partial charge in [-0.15, -0.1) is 0 Å². The fourth-order valence-corrected chi connectivity index (χ4v) is 3.12. The molecule has 0 bridgehead atoms. The second-order valence-corrected chi connectivity index (χ2v) is 6.46. The van der Waals surface area contributed by atoms with Gasteiger partial charge in [0.15, 0.2) is 5.82 Å². The summed E-state index contributed by atoms with van der Waals surface area (Å²) in [6, 6.07) is 8.77. The molecule has 5 nitrogen and oxygen atoms in total. The van der Waals surface area contributed by atoms with Crippen LogP contribution in [0.15, 0.2) is 28.8 Å². The summed E-state index contributed by atoms with van der Waals surface area (Å²) in [5, 5.41) is 4.15. The number of fused-ring (bicyclic) bond motifs is 1. The van der Waals surface area contributed by atoms with Crippen molar-refractivity contribution in [3.8, 4) is 0 Å². The molecule has 1 aromatic carbocycles. The van der Waals surface area contributed by atoms with E-state index in [2.05, 4.69) is 58.2 Å². The molecule has 0 unspecified atom stereocenters. The van der Waals surface area contributed by atoms with E-state index < -0.39 is 0 Å². The highest BCUT2D eigenvalue weighted by atomic mass is 16.5. The molecule has 1 atom stereocenters. The van der Waals surface area contributed by atoms with E-state index in [0.717, 1.165) is 31.3 Å². The van der Waals surface area contributed by atoms with E-state index in [0.29, 0.717) is 5.92 Å². The summed E-state index contributed by atoms with van der Waals surface area (Å²) >= 11 is 0. The molecule has 1 aliphatic heterocycles. The van der Waals surface area contributed by atoms with Crippen LogP contribution in [0.5, 0.6) is 0 Å². The van der Waals surface area contributed by atoms with E-state index in [4.69, 9.17) is 4.52 Å². The van der Waals surface area contributed by atoms with Crippen LogP contribution in [-0.2, 0) is 6.54 Å². The smallest absolute Gasteiger partial charge is 0.243 e. The third-order valence-corrected chi connectivity index (χ3v) is 4.80. The molecule has 4 rings (SSSR count). The Bertz CT molecular complexity index is 664. The van der Waals surface area contributed by atoms with Crippen molar-refractivity contribution in [3.63, 3.8) is 0 Å². The van der Waals surface area contributed by atoms with Crippen molar-refractivity contribution in [2.75, 3.05) is 25.0 Å². The Morgan fingerprint density at radius 1 is 1.23 bits per heavy atom. The molecule has 0 saturated heterocycles. The third kappa shape index (κ3) is 2.50. The number of likely N-dealkylation sites (N-methyl/N-ethyl adjacent to an activating group) is 1. The largest absolute Gasteiger partial charge is 0.373 e. The van der Waals surface area contributed by atoms with Gasteiger partial charge in [-0.2, -0.15) is 4.98 Å². The molecule has 116 valence electrons. The second-order valence-electron chi connectivity index (χ2n) is 6.46. The summed E-state index contributed by atoms with van der Waals surface area (Å²) in [6.45, 7) is 5.08. The molecule has 0 spiro atoms. The molecule has 1 aromatic heterocycles. The van der Waals surface area contributed by atoms with Gasteiger partial charge >= 0.3 is 0 Å². The molecule has 0 amide bonds. The average Bonchev–Trinajstić information content (AvgIpc) is 3.30. The quantitative estimate of drug-likeness (QED) is 0.871. The monoisotopic (exact) mass is 298 g/mol. The number of anilines is 1. The summed E-state index contributed by atoms with van der Waals surface area (Å²) in [5.74, 6) is 2.19. The van der Waals surface area contributed by atoms with E-state index in [-0.39, 0.29) is 6.04 Å². The van der Waals surface area contributed by atoms with Gasteiger partial charge in [0.05, 0.1) is 6.04 Å². The summed E-state index contributed by atoms with van der Waals surface area (Å²) in [7, 11) is 2.16. The van der Waals surface area contributed by atoms with Gasteiger partial charge in [-0.3, -0.25) is 4.90 Å². The molecule has 2 heterocycles. The second kappa shape index (κ2) is 5.39. The molecule has 0 radical (unpaired) electrons. The van der Waals surface area contributed by atoms with Gasteiger partial charge in [-0.25, -0.2) is 0 Å². The lowest BCUT2D eigenvalue weighted by atomic mass is 10.1. The minimum atomic E-state index is 0.152. The van der Waals surface area contributed by atoms with Crippen LogP contribution in [0.3, 0.4) is 0 Å². The van der Waals surface area contributed by atoms with Crippen molar-refractivity contribution < 1.29 is 4.52 Å². The van der Waals surface area contributed by atoms with E-state index in [9.17, 15) is 0 Å². The van der Waals surface area contributed by atoms with Crippen LogP contribution in [-0.4, -0.2) is 35.2 Å². The molecule has 1 fully saturated rings. The molecule has 5 heteroatoms. The Morgan fingerprint density at radius 3 is 2.86 bits per heavy atom. The molecule has 2 aromatic rings. The van der Waals surface area contributed by atoms with E-state index in [1.807, 2.05) is 0 Å².